The van der Waals surface area contributed by atoms with Gasteiger partial charge in [-0.15, -0.1) is 0 Å². The van der Waals surface area contributed by atoms with Crippen LogP contribution < -0.4 is 0 Å². The van der Waals surface area contributed by atoms with Gasteiger partial charge < -0.3 is 19.3 Å². The van der Waals surface area contributed by atoms with Gasteiger partial charge in [0.05, 0.1) is 13.2 Å². The second-order valence-electron chi connectivity index (χ2n) is 13.8. The van der Waals surface area contributed by atoms with Crippen molar-refractivity contribution in [2.24, 2.45) is 0 Å². The number of allylic oxidation sites excluding steroid dienone is 14. The fourth-order valence-corrected chi connectivity index (χ4v) is 5.73. The summed E-state index contributed by atoms with van der Waals surface area (Å²) in [7, 11) is -0.766. The Morgan fingerprint density at radius 2 is 1.05 bits per heavy atom. The fraction of sp³-hybridized carbons (Fsp3) is 0.644. The van der Waals surface area contributed by atoms with Crippen molar-refractivity contribution in [2.45, 2.75) is 148 Å². The quantitative estimate of drug-likeness (QED) is 0.0284. The molecule has 0 aromatic carbocycles. The molecule has 0 aliphatic heterocycles. The normalized spacial score (nSPS) is 14.3. The number of nitrogens with zero attached hydrogens (tertiary/aromatic N) is 1. The number of rotatable bonds is 37. The van der Waals surface area contributed by atoms with Crippen LogP contribution in [0.15, 0.2) is 85.1 Å². The van der Waals surface area contributed by atoms with Crippen LogP contribution in [0.2, 0.25) is 0 Å². The molecule has 0 aromatic rings. The van der Waals surface area contributed by atoms with Crippen LogP contribution in [0.1, 0.15) is 142 Å². The van der Waals surface area contributed by atoms with Gasteiger partial charge in [-0.3, -0.25) is 18.6 Å². The first-order valence-electron chi connectivity index (χ1n) is 20.9. The Labute approximate surface area is 335 Å². The van der Waals surface area contributed by atoms with E-state index in [1.165, 1.54) is 38.5 Å². The number of esters is 2. The monoisotopic (exact) mass is 790 g/mol. The molecule has 0 heterocycles. The summed E-state index contributed by atoms with van der Waals surface area (Å²) in [5.74, 6) is -0.922. The van der Waals surface area contributed by atoms with Crippen molar-refractivity contribution < 1.29 is 37.6 Å². The number of hydrogen-bond acceptors (Lipinski definition) is 8. The van der Waals surface area contributed by atoms with Gasteiger partial charge in [0.15, 0.2) is 6.10 Å². The summed E-state index contributed by atoms with van der Waals surface area (Å²) < 4.78 is 33.3. The van der Waals surface area contributed by atoms with Gasteiger partial charge in [0, 0.05) is 19.4 Å². The van der Waals surface area contributed by atoms with Crippen LogP contribution >= 0.6 is 7.82 Å². The van der Waals surface area contributed by atoms with Crippen LogP contribution in [0, 0.1) is 0 Å². The summed E-state index contributed by atoms with van der Waals surface area (Å²) in [4.78, 5) is 36.9. The number of ether oxygens (including phenoxy) is 2. The van der Waals surface area contributed by atoms with Gasteiger partial charge in [-0.2, -0.15) is 0 Å². The van der Waals surface area contributed by atoms with E-state index >= 15 is 0 Å². The summed E-state index contributed by atoms with van der Waals surface area (Å²) in [5.41, 5.74) is 0. The number of unbranched alkanes of at least 4 members (excludes halogenated alkanes) is 9. The summed E-state index contributed by atoms with van der Waals surface area (Å²) in [6, 6.07) is 0. The molecule has 55 heavy (non-hydrogen) atoms. The fourth-order valence-electron chi connectivity index (χ4n) is 4.99. The highest BCUT2D eigenvalue weighted by Crippen LogP contribution is 2.43. The largest absolute Gasteiger partial charge is 0.472 e. The van der Waals surface area contributed by atoms with Crippen molar-refractivity contribution in [1.29, 1.82) is 0 Å². The predicted molar refractivity (Wildman–Crippen MR) is 229 cm³/mol. The van der Waals surface area contributed by atoms with Crippen molar-refractivity contribution in [3.05, 3.63) is 85.1 Å². The molecule has 2 unspecified atom stereocenters. The lowest BCUT2D eigenvalue weighted by Crippen LogP contribution is -2.29. The molecule has 0 fully saturated rings. The van der Waals surface area contributed by atoms with E-state index in [1.807, 2.05) is 14.1 Å². The molecular weight excluding hydrogens is 713 g/mol. The highest BCUT2D eigenvalue weighted by Gasteiger charge is 2.26. The lowest BCUT2D eigenvalue weighted by molar-refractivity contribution is -0.161. The van der Waals surface area contributed by atoms with E-state index in [2.05, 4.69) is 98.9 Å². The second kappa shape index (κ2) is 39.4. The van der Waals surface area contributed by atoms with Crippen molar-refractivity contribution >= 4 is 19.8 Å². The number of carbonyl (C=O) groups excluding carboxylic acids is 2. The second-order valence-corrected chi connectivity index (χ2v) is 15.2. The number of hydrogen-bond donors (Lipinski definition) is 1. The number of phosphoric ester groups is 1. The Hall–Kier alpha value is -2.81. The smallest absolute Gasteiger partial charge is 0.462 e. The summed E-state index contributed by atoms with van der Waals surface area (Å²) >= 11 is 0. The topological polar surface area (TPSA) is 112 Å². The van der Waals surface area contributed by atoms with Crippen molar-refractivity contribution in [2.75, 3.05) is 40.5 Å². The number of carbonyl (C=O) groups is 2. The van der Waals surface area contributed by atoms with Gasteiger partial charge in [0.1, 0.15) is 6.61 Å². The summed E-state index contributed by atoms with van der Waals surface area (Å²) in [5, 5.41) is 0. The Kier molecular flexibility index (Phi) is 37.4. The average Bonchev–Trinajstić information content (AvgIpc) is 3.15. The standard InChI is InChI=1S/C45H76NO8P/c1-5-7-9-11-13-15-17-19-21-22-24-25-27-29-31-33-35-37-44(47)51-41-43(42-53-55(49,50)52-40-39-46(3)4)54-45(48)38-36-34-32-30-28-26-23-20-18-16-14-12-10-8-6-2/h8,10,14,16,19-21,23-25,28-31,43H,5-7,9,11-13,15,17-18,22,26-27,32-42H2,1-4H3,(H,49,50)/b10-8-,16-14-,21-19-,23-20-,25-24-,30-28-,31-29-. The van der Waals surface area contributed by atoms with Crippen LogP contribution in [0.3, 0.4) is 0 Å². The number of phosphoric acid groups is 1. The van der Waals surface area contributed by atoms with Crippen LogP contribution in [0.4, 0.5) is 0 Å². The van der Waals surface area contributed by atoms with E-state index in [-0.39, 0.29) is 26.1 Å². The third-order valence-electron chi connectivity index (χ3n) is 8.19. The lowest BCUT2D eigenvalue weighted by atomic mass is 10.1. The molecule has 10 heteroatoms. The molecule has 314 valence electrons. The van der Waals surface area contributed by atoms with E-state index in [4.69, 9.17) is 18.5 Å². The molecule has 9 nitrogen and oxygen atoms in total. The van der Waals surface area contributed by atoms with Crippen LogP contribution in [-0.4, -0.2) is 68.3 Å². The average molecular weight is 790 g/mol. The van der Waals surface area contributed by atoms with Gasteiger partial charge in [-0.25, -0.2) is 4.57 Å². The maximum Gasteiger partial charge on any atom is 0.472 e. The van der Waals surface area contributed by atoms with Gasteiger partial charge in [-0.05, 0) is 97.6 Å². The maximum absolute atomic E-state index is 12.6. The van der Waals surface area contributed by atoms with Crippen molar-refractivity contribution in [3.63, 3.8) is 0 Å². The zero-order chi connectivity index (χ0) is 40.5. The van der Waals surface area contributed by atoms with E-state index in [9.17, 15) is 19.0 Å². The molecular formula is C45H76NO8P. The molecule has 2 atom stereocenters. The predicted octanol–water partition coefficient (Wildman–Crippen LogP) is 11.9. The van der Waals surface area contributed by atoms with Crippen LogP contribution in [-0.2, 0) is 32.7 Å². The zero-order valence-electron chi connectivity index (χ0n) is 34.8. The third-order valence-corrected chi connectivity index (χ3v) is 9.17. The molecule has 0 aliphatic rings. The molecule has 0 radical (unpaired) electrons. The van der Waals surface area contributed by atoms with Gasteiger partial charge >= 0.3 is 19.8 Å². The molecule has 0 amide bonds. The van der Waals surface area contributed by atoms with E-state index in [1.54, 1.807) is 4.90 Å². The molecule has 0 rings (SSSR count). The molecule has 0 aromatic heterocycles. The molecule has 0 spiro atoms. The SMILES string of the molecule is CC/C=C\C/C=C\C/C=C\C/C=C\CCCCC(=O)OC(COC(=O)CCC/C=C\C/C=C\C/C=C\CCCCCCCC)COP(=O)(O)OCCN(C)C. The third kappa shape index (κ3) is 40.7. The Morgan fingerprint density at radius 1 is 0.582 bits per heavy atom. The first-order valence-corrected chi connectivity index (χ1v) is 22.4. The van der Waals surface area contributed by atoms with Crippen LogP contribution in [0.5, 0.6) is 0 Å². The number of likely N-dealkylation sites (N-methyl/N-ethyl adjacent to an activating group) is 1. The minimum atomic E-state index is -4.39. The van der Waals surface area contributed by atoms with E-state index in [0.29, 0.717) is 19.4 Å². The molecule has 0 aliphatic carbocycles. The van der Waals surface area contributed by atoms with Crippen molar-refractivity contribution in [3.8, 4) is 0 Å². The van der Waals surface area contributed by atoms with E-state index < -0.39 is 32.5 Å². The highest BCUT2D eigenvalue weighted by molar-refractivity contribution is 7.47. The Morgan fingerprint density at radius 3 is 1.60 bits per heavy atom. The van der Waals surface area contributed by atoms with Gasteiger partial charge in [-0.1, -0.05) is 131 Å². The minimum absolute atomic E-state index is 0.0130. The molecule has 0 saturated heterocycles. The lowest BCUT2D eigenvalue weighted by Gasteiger charge is -2.20. The molecule has 0 bridgehead atoms. The Bertz CT molecular complexity index is 1190. The van der Waals surface area contributed by atoms with Gasteiger partial charge in [0.25, 0.3) is 0 Å². The highest BCUT2D eigenvalue weighted by atomic mass is 31.2. The summed E-state index contributed by atoms with van der Waals surface area (Å²) in [6.07, 6.45) is 47.9. The van der Waals surface area contributed by atoms with Crippen LogP contribution in [0.25, 0.3) is 0 Å². The Balaban J connectivity index is 4.49. The molecule has 1 N–H and O–H groups in total. The maximum atomic E-state index is 12.6. The zero-order valence-corrected chi connectivity index (χ0v) is 35.7. The van der Waals surface area contributed by atoms with Gasteiger partial charge in [0.2, 0.25) is 0 Å². The first kappa shape index (κ1) is 52.2. The first-order chi connectivity index (χ1) is 26.7. The van der Waals surface area contributed by atoms with Crippen molar-refractivity contribution in [1.82, 2.24) is 4.90 Å². The molecule has 0 saturated carbocycles. The summed E-state index contributed by atoms with van der Waals surface area (Å²) in [6.45, 7) is 4.06. The minimum Gasteiger partial charge on any atom is -0.462 e. The van der Waals surface area contributed by atoms with E-state index in [0.717, 1.165) is 64.2 Å².